The molecule has 2 aliphatic rings. The van der Waals surface area contributed by atoms with Crippen LogP contribution in [0.25, 0.3) is 17.2 Å². The summed E-state index contributed by atoms with van der Waals surface area (Å²) in [6.07, 6.45) is 2.81. The Labute approximate surface area is 194 Å². The van der Waals surface area contributed by atoms with Crippen molar-refractivity contribution < 1.29 is 13.2 Å². The van der Waals surface area contributed by atoms with E-state index in [2.05, 4.69) is 37.0 Å². The van der Waals surface area contributed by atoms with Gasteiger partial charge >= 0.3 is 6.18 Å². The smallest absolute Gasteiger partial charge is 0.370 e. The number of hydrogen-bond donors (Lipinski definition) is 0. The fraction of sp³-hybridized carbons (Fsp3) is 0.348. The molecule has 172 valence electrons. The first-order valence-corrected chi connectivity index (χ1v) is 11.9. The summed E-state index contributed by atoms with van der Waals surface area (Å²) in [4.78, 5) is 13.0. The lowest BCUT2D eigenvalue weighted by atomic mass is 10.0. The quantitative estimate of drug-likeness (QED) is 0.410. The minimum atomic E-state index is -4.41. The van der Waals surface area contributed by atoms with Crippen LogP contribution < -0.4 is 4.90 Å². The van der Waals surface area contributed by atoms with Crippen molar-refractivity contribution in [3.8, 4) is 11.1 Å². The second kappa shape index (κ2) is 8.40. The number of benzene rings is 1. The second-order valence-corrected chi connectivity index (χ2v) is 8.94. The van der Waals surface area contributed by atoms with Crippen LogP contribution in [0, 0.1) is 6.92 Å². The van der Waals surface area contributed by atoms with Gasteiger partial charge in [-0.3, -0.25) is 4.68 Å². The third-order valence-corrected chi connectivity index (χ3v) is 6.61. The molecule has 5 rings (SSSR count). The van der Waals surface area contributed by atoms with Crippen LogP contribution in [0.3, 0.4) is 0 Å². The van der Waals surface area contributed by atoms with Crippen molar-refractivity contribution in [3.63, 3.8) is 0 Å². The molecule has 0 bridgehead atoms. The van der Waals surface area contributed by atoms with E-state index >= 15 is 0 Å². The summed E-state index contributed by atoms with van der Waals surface area (Å²) in [7, 11) is 0. The van der Waals surface area contributed by atoms with Crippen molar-refractivity contribution in [1.29, 1.82) is 0 Å². The maximum atomic E-state index is 13.4. The molecular weight excluding hydrogens is 449 g/mol. The van der Waals surface area contributed by atoms with Gasteiger partial charge in [-0.15, -0.1) is 0 Å². The molecule has 2 aliphatic heterocycles. The monoisotopic (exact) mass is 472 g/mol. The number of hydrogen-bond acceptors (Lipinski definition) is 6. The van der Waals surface area contributed by atoms with E-state index in [0.717, 1.165) is 42.8 Å². The minimum absolute atomic E-state index is 0.502. The molecular formula is C23H23F3N6S. The highest BCUT2D eigenvalue weighted by Crippen LogP contribution is 2.38. The minimum Gasteiger partial charge on any atom is -0.370 e. The molecule has 1 aromatic carbocycles. The Balaban J connectivity index is 1.38. The van der Waals surface area contributed by atoms with E-state index in [-0.39, 0.29) is 0 Å². The Bertz CT molecular complexity index is 1190. The van der Waals surface area contributed by atoms with Gasteiger partial charge in [-0.2, -0.15) is 18.3 Å². The zero-order chi connectivity index (χ0) is 23.2. The normalized spacial score (nSPS) is 16.2. The highest BCUT2D eigenvalue weighted by atomic mass is 32.2. The summed E-state index contributed by atoms with van der Waals surface area (Å²) in [5.74, 6) is 0. The number of allylic oxidation sites excluding steroid dienone is 1. The molecule has 0 radical (unpaired) electrons. The van der Waals surface area contributed by atoms with E-state index < -0.39 is 11.7 Å². The summed E-state index contributed by atoms with van der Waals surface area (Å²) in [6, 6.07) is 6.01. The number of nitrogens with zero attached hydrogens (tertiary/aromatic N) is 6. The van der Waals surface area contributed by atoms with Crippen LogP contribution in [0.4, 0.5) is 18.9 Å². The van der Waals surface area contributed by atoms with Crippen LogP contribution in [-0.4, -0.2) is 57.1 Å². The Kier molecular flexibility index (Phi) is 5.55. The maximum absolute atomic E-state index is 13.4. The third kappa shape index (κ3) is 4.31. The van der Waals surface area contributed by atoms with Gasteiger partial charge in [0.15, 0.2) is 5.16 Å². The first-order valence-electron chi connectivity index (χ1n) is 10.6. The van der Waals surface area contributed by atoms with E-state index in [4.69, 9.17) is 0 Å². The number of piperazine rings is 1. The lowest BCUT2D eigenvalue weighted by Gasteiger charge is -2.38. The maximum Gasteiger partial charge on any atom is 0.416 e. The average Bonchev–Trinajstić information content (AvgIpc) is 3.36. The lowest BCUT2D eigenvalue weighted by molar-refractivity contribution is -0.137. The van der Waals surface area contributed by atoms with Gasteiger partial charge < -0.3 is 9.80 Å². The molecule has 0 spiro atoms. The van der Waals surface area contributed by atoms with Gasteiger partial charge in [-0.25, -0.2) is 9.97 Å². The van der Waals surface area contributed by atoms with E-state index in [1.54, 1.807) is 18.5 Å². The highest BCUT2D eigenvalue weighted by Gasteiger charge is 2.32. The zero-order valence-corrected chi connectivity index (χ0v) is 19.1. The number of halogens is 3. The lowest BCUT2D eigenvalue weighted by Crippen LogP contribution is -2.46. The van der Waals surface area contributed by atoms with Gasteiger partial charge in [0.25, 0.3) is 0 Å². The molecule has 1 fully saturated rings. The van der Waals surface area contributed by atoms with Crippen molar-refractivity contribution in [1.82, 2.24) is 24.6 Å². The van der Waals surface area contributed by atoms with E-state index in [9.17, 15) is 13.2 Å². The standard InChI is InChI=1S/C23H23F3N6S/c1-15-9-18-11-19(14-32(18)29-15)30-5-7-31(8-6-30)21-4-3-17(23(24,25)26)10-20(21)16-12-27-22(33-2)28-13-16/h3-4,9-13H,5-8,14H2,1-2H3. The number of rotatable bonds is 4. The van der Waals surface area contributed by atoms with Crippen molar-refractivity contribution in [2.45, 2.75) is 24.8 Å². The largest absolute Gasteiger partial charge is 0.416 e. The molecule has 33 heavy (non-hydrogen) atoms. The number of aryl methyl sites for hydroxylation is 1. The topological polar surface area (TPSA) is 50.1 Å². The fourth-order valence-electron chi connectivity index (χ4n) is 4.38. The van der Waals surface area contributed by atoms with E-state index in [1.807, 2.05) is 17.9 Å². The van der Waals surface area contributed by atoms with Crippen molar-refractivity contribution in [2.24, 2.45) is 0 Å². The number of alkyl halides is 3. The van der Waals surface area contributed by atoms with Crippen LogP contribution in [0.2, 0.25) is 0 Å². The van der Waals surface area contributed by atoms with Crippen LogP contribution in [0.5, 0.6) is 0 Å². The molecule has 1 saturated heterocycles. The molecule has 0 atom stereocenters. The Morgan fingerprint density at radius 1 is 0.970 bits per heavy atom. The SMILES string of the molecule is CSc1ncc(-c2cc(C(F)(F)F)ccc2N2CCN(C3=Cc4cc(C)nn4C3)CC2)cn1. The van der Waals surface area contributed by atoms with Gasteiger partial charge in [0.1, 0.15) is 0 Å². The molecule has 0 N–H and O–H groups in total. The fourth-order valence-corrected chi connectivity index (χ4v) is 4.70. The third-order valence-electron chi connectivity index (χ3n) is 6.03. The summed E-state index contributed by atoms with van der Waals surface area (Å²) in [6.45, 7) is 5.74. The van der Waals surface area contributed by atoms with Crippen molar-refractivity contribution in [2.75, 3.05) is 37.3 Å². The molecule has 4 heterocycles. The predicted molar refractivity (Wildman–Crippen MR) is 123 cm³/mol. The van der Waals surface area contributed by atoms with Crippen molar-refractivity contribution >= 4 is 23.5 Å². The molecule has 0 saturated carbocycles. The van der Waals surface area contributed by atoms with Crippen LogP contribution in [0.1, 0.15) is 17.0 Å². The molecule has 0 unspecified atom stereocenters. The second-order valence-electron chi connectivity index (χ2n) is 8.17. The van der Waals surface area contributed by atoms with E-state index in [1.165, 1.54) is 23.5 Å². The summed E-state index contributed by atoms with van der Waals surface area (Å²) < 4.78 is 42.3. The first kappa shape index (κ1) is 21.8. The van der Waals surface area contributed by atoms with Crippen LogP contribution >= 0.6 is 11.8 Å². The number of fused-ring (bicyclic) bond motifs is 1. The first-order chi connectivity index (χ1) is 15.8. The Hall–Kier alpha value is -3.01. The molecule has 0 amide bonds. The number of anilines is 1. The van der Waals surface area contributed by atoms with Crippen LogP contribution in [-0.2, 0) is 12.7 Å². The summed E-state index contributed by atoms with van der Waals surface area (Å²) in [5.41, 5.74) is 4.53. The Morgan fingerprint density at radius 2 is 1.67 bits per heavy atom. The van der Waals surface area contributed by atoms with Gasteiger partial charge in [-0.05, 0) is 43.5 Å². The van der Waals surface area contributed by atoms with Gasteiger partial charge in [0.2, 0.25) is 0 Å². The molecule has 0 aliphatic carbocycles. The Morgan fingerprint density at radius 3 is 2.30 bits per heavy atom. The zero-order valence-electron chi connectivity index (χ0n) is 18.3. The van der Waals surface area contributed by atoms with Crippen LogP contribution in [0.15, 0.2) is 47.5 Å². The molecule has 3 aromatic rings. The van der Waals surface area contributed by atoms with Gasteiger partial charge in [0.05, 0.1) is 23.5 Å². The highest BCUT2D eigenvalue weighted by molar-refractivity contribution is 7.98. The summed E-state index contributed by atoms with van der Waals surface area (Å²) >= 11 is 1.39. The summed E-state index contributed by atoms with van der Waals surface area (Å²) in [5, 5.41) is 5.09. The molecule has 10 heteroatoms. The average molecular weight is 473 g/mol. The van der Waals surface area contributed by atoms with E-state index in [0.29, 0.717) is 29.4 Å². The number of thioether (sulfide) groups is 1. The molecule has 2 aromatic heterocycles. The molecule has 6 nitrogen and oxygen atoms in total. The predicted octanol–water partition coefficient (Wildman–Crippen LogP) is 4.57. The van der Waals surface area contributed by atoms with Gasteiger partial charge in [-0.1, -0.05) is 11.8 Å². The van der Waals surface area contributed by atoms with Crippen molar-refractivity contribution in [3.05, 3.63) is 59.3 Å². The number of aromatic nitrogens is 4. The van der Waals surface area contributed by atoms with Gasteiger partial charge in [0, 0.05) is 61.1 Å².